The van der Waals surface area contributed by atoms with Crippen molar-refractivity contribution in [2.45, 2.75) is 51.2 Å². The summed E-state index contributed by atoms with van der Waals surface area (Å²) in [6.45, 7) is 2.61. The number of nitrogens with zero attached hydrogens (tertiary/aromatic N) is 1. The van der Waals surface area contributed by atoms with Gasteiger partial charge in [-0.2, -0.15) is 0 Å². The second-order valence-electron chi connectivity index (χ2n) is 5.69. The molecule has 0 radical (unpaired) electrons. The Morgan fingerprint density at radius 1 is 1.27 bits per heavy atom. The van der Waals surface area contributed by atoms with Crippen LogP contribution in [0.25, 0.3) is 0 Å². The van der Waals surface area contributed by atoms with E-state index < -0.39 is 5.60 Å². The summed E-state index contributed by atoms with van der Waals surface area (Å²) in [4.78, 5) is 2.88. The lowest BCUT2D eigenvalue weighted by Gasteiger charge is -2.29. The molecule has 2 rings (SSSR count). The van der Waals surface area contributed by atoms with Gasteiger partial charge in [0.05, 0.1) is 6.33 Å². The maximum absolute atomic E-state index is 11.2. The molecule has 0 fully saturated rings. The van der Waals surface area contributed by atoms with Gasteiger partial charge in [-0.3, -0.25) is 0 Å². The molecule has 0 amide bonds. The van der Waals surface area contributed by atoms with E-state index in [1.165, 1.54) is 12.8 Å². The number of H-pyrrole nitrogens is 1. The van der Waals surface area contributed by atoms with Crippen LogP contribution in [0.2, 0.25) is 10.0 Å². The van der Waals surface area contributed by atoms with Gasteiger partial charge in [0.1, 0.15) is 12.1 Å². The fourth-order valence-electron chi connectivity index (χ4n) is 2.68. The van der Waals surface area contributed by atoms with E-state index in [4.69, 9.17) is 23.2 Å². The molecule has 1 atom stereocenters. The first-order chi connectivity index (χ1) is 10.5. The quantitative estimate of drug-likeness (QED) is 0.565. The summed E-state index contributed by atoms with van der Waals surface area (Å²) in [6.07, 6.45) is 11.5. The number of aliphatic hydroxyl groups is 1. The third-order valence-corrected chi connectivity index (χ3v) is 4.41. The third kappa shape index (κ3) is 4.48. The molecule has 0 spiro atoms. The van der Waals surface area contributed by atoms with Crippen molar-refractivity contribution >= 4 is 23.2 Å². The molecule has 2 N–H and O–H groups in total. The minimum Gasteiger partial charge on any atom is -0.413 e. The highest BCUT2D eigenvalue weighted by atomic mass is 35.5. The first-order valence-corrected chi connectivity index (χ1v) is 8.42. The van der Waals surface area contributed by atoms with Crippen LogP contribution in [-0.4, -0.2) is 9.67 Å². The molecule has 0 unspecified atom stereocenters. The van der Waals surface area contributed by atoms with E-state index in [1.807, 2.05) is 10.6 Å². The molecular weight excluding hydrogens is 319 g/mol. The Hall–Kier alpha value is -1.03. The fraction of sp³-hybridized carbons (Fsp3) is 0.471. The molecule has 1 heterocycles. The Balaban J connectivity index is 2.23. The molecule has 0 saturated carbocycles. The molecule has 0 aliphatic carbocycles. The molecular formula is C17H22Cl2N2O. The monoisotopic (exact) mass is 340 g/mol. The average Bonchev–Trinajstić information content (AvgIpc) is 2.96. The lowest BCUT2D eigenvalue weighted by molar-refractivity contribution is -0.382. The fourth-order valence-corrected chi connectivity index (χ4v) is 3.27. The zero-order valence-electron chi connectivity index (χ0n) is 12.8. The number of hydrogen-bond acceptors (Lipinski definition) is 1. The number of rotatable bonds is 8. The number of benzene rings is 1. The number of imidazole rings is 1. The predicted octanol–water partition coefficient (Wildman–Crippen LogP) is 4.27. The van der Waals surface area contributed by atoms with Crippen molar-refractivity contribution in [3.05, 3.63) is 52.5 Å². The van der Waals surface area contributed by atoms with Crippen LogP contribution in [0.1, 0.15) is 44.6 Å². The molecule has 2 aromatic rings. The van der Waals surface area contributed by atoms with Crippen LogP contribution in [0.3, 0.4) is 0 Å². The summed E-state index contributed by atoms with van der Waals surface area (Å²) in [6, 6.07) is 5.28. The summed E-state index contributed by atoms with van der Waals surface area (Å²) in [5.41, 5.74) is -0.292. The standard InChI is InChI=1S/C17H22Cl2N2O/c1-2-3-4-5-8-17(22,12-21-10-9-20-13-21)15-7-6-14(18)11-16(15)19/h6-7,10-11,13,20,22H,2-5,8,12H2,1H3/t17-/m1/s1. The van der Waals surface area contributed by atoms with Gasteiger partial charge < -0.3 is 14.7 Å². The van der Waals surface area contributed by atoms with E-state index in [2.05, 4.69) is 18.1 Å². The predicted molar refractivity (Wildman–Crippen MR) is 88.9 cm³/mol. The van der Waals surface area contributed by atoms with Crippen molar-refractivity contribution in [3.63, 3.8) is 0 Å². The number of aromatic amines is 1. The SMILES string of the molecule is CCCCCC[C@@](O)(Cn1c[c-][nH+]c1)c1ccc(Cl)cc1Cl. The van der Waals surface area contributed by atoms with Crippen molar-refractivity contribution in [2.75, 3.05) is 0 Å². The van der Waals surface area contributed by atoms with Gasteiger partial charge in [-0.05, 0) is 24.8 Å². The summed E-state index contributed by atoms with van der Waals surface area (Å²) in [5, 5.41) is 12.3. The van der Waals surface area contributed by atoms with E-state index in [0.29, 0.717) is 23.0 Å². The number of unbranched alkanes of at least 4 members (excludes halogenated alkanes) is 3. The zero-order valence-corrected chi connectivity index (χ0v) is 14.3. The highest BCUT2D eigenvalue weighted by Crippen LogP contribution is 2.35. The van der Waals surface area contributed by atoms with Gasteiger partial charge in [-0.1, -0.05) is 61.9 Å². The van der Waals surface area contributed by atoms with E-state index >= 15 is 0 Å². The van der Waals surface area contributed by atoms with E-state index in [1.54, 1.807) is 24.7 Å². The summed E-state index contributed by atoms with van der Waals surface area (Å²) in [7, 11) is 0. The van der Waals surface area contributed by atoms with Gasteiger partial charge in [0.15, 0.2) is 0 Å². The Morgan fingerprint density at radius 3 is 2.73 bits per heavy atom. The highest BCUT2D eigenvalue weighted by molar-refractivity contribution is 6.35. The Kier molecular flexibility index (Phi) is 6.30. The zero-order chi connectivity index (χ0) is 16.0. The molecule has 1 aromatic carbocycles. The van der Waals surface area contributed by atoms with Crippen LogP contribution < -0.4 is 4.98 Å². The summed E-state index contributed by atoms with van der Waals surface area (Å²) < 4.78 is 1.88. The molecule has 3 nitrogen and oxygen atoms in total. The number of halogens is 2. The van der Waals surface area contributed by atoms with Crippen LogP contribution in [-0.2, 0) is 12.1 Å². The van der Waals surface area contributed by atoms with E-state index in [-0.39, 0.29) is 0 Å². The number of aromatic nitrogens is 2. The van der Waals surface area contributed by atoms with Gasteiger partial charge in [-0.15, -0.1) is 0 Å². The lowest BCUT2D eigenvalue weighted by Crippen LogP contribution is -2.31. The maximum atomic E-state index is 11.2. The van der Waals surface area contributed by atoms with Crippen LogP contribution in [0.15, 0.2) is 30.7 Å². The normalized spacial score (nSPS) is 14.0. The molecule has 0 saturated heterocycles. The van der Waals surface area contributed by atoms with E-state index in [9.17, 15) is 5.11 Å². The molecule has 22 heavy (non-hydrogen) atoms. The first-order valence-electron chi connectivity index (χ1n) is 7.66. The highest BCUT2D eigenvalue weighted by Gasteiger charge is 2.32. The van der Waals surface area contributed by atoms with Crippen molar-refractivity contribution in [1.29, 1.82) is 0 Å². The smallest absolute Gasteiger partial charge is 0.127 e. The van der Waals surface area contributed by atoms with Gasteiger partial charge >= 0.3 is 0 Å². The van der Waals surface area contributed by atoms with Crippen LogP contribution in [0, 0.1) is 6.20 Å². The van der Waals surface area contributed by atoms with Crippen molar-refractivity contribution in [1.82, 2.24) is 4.57 Å². The Bertz CT molecular complexity index is 586. The summed E-state index contributed by atoms with van der Waals surface area (Å²) in [5.74, 6) is 0. The number of nitrogens with one attached hydrogen (secondary N) is 1. The van der Waals surface area contributed by atoms with Crippen molar-refractivity contribution in [3.8, 4) is 0 Å². The topological polar surface area (TPSA) is 39.3 Å². The molecule has 0 aliphatic heterocycles. The first kappa shape index (κ1) is 17.3. The van der Waals surface area contributed by atoms with Gasteiger partial charge in [0.2, 0.25) is 0 Å². The van der Waals surface area contributed by atoms with Crippen LogP contribution >= 0.6 is 23.2 Å². The average molecular weight is 341 g/mol. The van der Waals surface area contributed by atoms with Crippen molar-refractivity contribution in [2.24, 2.45) is 0 Å². The maximum Gasteiger partial charge on any atom is 0.127 e. The Labute approximate surface area is 141 Å². The van der Waals surface area contributed by atoms with Gasteiger partial charge in [0.25, 0.3) is 0 Å². The minimum absolute atomic E-state index is 0.431. The molecule has 0 bridgehead atoms. The van der Waals surface area contributed by atoms with Gasteiger partial charge in [-0.25, -0.2) is 0 Å². The molecule has 0 aliphatic rings. The van der Waals surface area contributed by atoms with E-state index in [0.717, 1.165) is 18.4 Å². The van der Waals surface area contributed by atoms with Gasteiger partial charge in [0, 0.05) is 21.8 Å². The Morgan fingerprint density at radius 2 is 2.09 bits per heavy atom. The van der Waals surface area contributed by atoms with Crippen molar-refractivity contribution < 1.29 is 10.1 Å². The van der Waals surface area contributed by atoms with Crippen LogP contribution in [0.4, 0.5) is 0 Å². The molecule has 5 heteroatoms. The third-order valence-electron chi connectivity index (χ3n) is 3.86. The minimum atomic E-state index is -1.02. The summed E-state index contributed by atoms with van der Waals surface area (Å²) >= 11 is 12.3. The molecule has 1 aromatic heterocycles. The lowest BCUT2D eigenvalue weighted by atomic mass is 9.87. The second kappa shape index (κ2) is 8.00. The molecule has 120 valence electrons. The second-order valence-corrected chi connectivity index (χ2v) is 6.53. The van der Waals surface area contributed by atoms with Crippen LogP contribution in [0.5, 0.6) is 0 Å². The largest absolute Gasteiger partial charge is 0.413 e. The number of hydrogen-bond donors (Lipinski definition) is 1.